The van der Waals surface area contributed by atoms with Crippen molar-refractivity contribution < 1.29 is 38.2 Å². The maximum absolute atomic E-state index is 11.8. The first-order valence-corrected chi connectivity index (χ1v) is 36.4. The molecule has 3 atom stereocenters. The molecular weight excluding hydrogens is 1450 g/mol. The van der Waals surface area contributed by atoms with Crippen molar-refractivity contribution in [2.75, 3.05) is 69.0 Å². The summed E-state index contributed by atoms with van der Waals surface area (Å²) in [6.07, 6.45) is 18.7. The SMILES string of the molecule is CC1=CN(C)C(c2ccccc2)N1.CC1C(=O)N(C)C(=O)N1C.CCN1C(=O)N(C)C(=O)C1Oc1ccccc1.CN1CCCCC1.CNC(=O)c1nccn1C.COC(=O)c1cccn1C.Cc1cc(C)n(C)n1.Cc1cccn1C.Cc1ccnn1C.Cc1nn(C)cc1Br.Cn1ccc(-c2ccccc2)n1. The Morgan fingerprint density at radius 1 is 0.606 bits per heavy atom. The molecule has 0 saturated carbocycles. The number of nitrogens with zero attached hydrogens (tertiary/aromatic N) is 18. The maximum atomic E-state index is 11.8. The summed E-state index contributed by atoms with van der Waals surface area (Å²) in [5, 5.41) is 22.3. The number of methoxy groups -OCH3 is 1. The molecule has 29 heteroatoms. The van der Waals surface area contributed by atoms with Gasteiger partial charge in [0.1, 0.15) is 23.7 Å². The van der Waals surface area contributed by atoms with Crippen LogP contribution in [-0.4, -0.2) is 204 Å². The van der Waals surface area contributed by atoms with Crippen LogP contribution in [0.25, 0.3) is 11.3 Å². The van der Waals surface area contributed by atoms with Crippen LogP contribution in [0.2, 0.25) is 0 Å². The second-order valence-electron chi connectivity index (χ2n) is 25.8. The molecule has 588 valence electrons. The molecule has 3 fully saturated rings. The monoisotopic (exact) mass is 1560 g/mol. The van der Waals surface area contributed by atoms with Crippen molar-refractivity contribution in [2.24, 2.45) is 49.3 Å². The van der Waals surface area contributed by atoms with Gasteiger partial charge in [-0.1, -0.05) is 85.3 Å². The average Bonchev–Trinajstić information content (AvgIpc) is 1.67. The fraction of sp³-hybridized carbons (Fsp3) is 0.388. The van der Waals surface area contributed by atoms with E-state index in [1.807, 2.05) is 163 Å². The summed E-state index contributed by atoms with van der Waals surface area (Å²) in [6, 6.07) is 42.4. The van der Waals surface area contributed by atoms with Gasteiger partial charge in [0.25, 0.3) is 23.9 Å². The number of benzene rings is 3. The summed E-state index contributed by atoms with van der Waals surface area (Å²) in [5.74, 6) is 0.0862. The lowest BCUT2D eigenvalue weighted by Crippen LogP contribution is -2.39. The van der Waals surface area contributed by atoms with E-state index in [1.54, 1.807) is 98.0 Å². The Hall–Kier alpha value is -11.3. The molecule has 0 aliphatic carbocycles. The molecule has 0 spiro atoms. The number of nitrogens with one attached hydrogen (secondary N) is 2. The third-order valence-corrected chi connectivity index (χ3v) is 18.0. The van der Waals surface area contributed by atoms with E-state index < -0.39 is 6.23 Å². The molecular formula is C80H113BrN20O8. The first-order valence-electron chi connectivity index (χ1n) is 35.6. The summed E-state index contributed by atoms with van der Waals surface area (Å²) >= 11 is 3.33. The number of allylic oxidation sites excluding steroid dienone is 1. The van der Waals surface area contributed by atoms with Gasteiger partial charge in [0.2, 0.25) is 0 Å². The molecule has 0 bridgehead atoms. The van der Waals surface area contributed by atoms with Gasteiger partial charge in [-0.25, -0.2) is 19.4 Å². The van der Waals surface area contributed by atoms with Crippen molar-refractivity contribution in [1.29, 1.82) is 0 Å². The van der Waals surface area contributed by atoms with Crippen LogP contribution in [0.5, 0.6) is 5.75 Å². The highest BCUT2D eigenvalue weighted by molar-refractivity contribution is 9.10. The molecule has 3 saturated heterocycles. The second-order valence-corrected chi connectivity index (χ2v) is 26.7. The van der Waals surface area contributed by atoms with E-state index >= 15 is 0 Å². The number of ether oxygens (including phenoxy) is 2. The molecule has 4 aliphatic heterocycles. The van der Waals surface area contributed by atoms with E-state index in [4.69, 9.17) is 4.74 Å². The number of para-hydroxylation sites is 1. The number of piperidine rings is 1. The minimum Gasteiger partial charge on any atom is -0.464 e. The Kier molecular flexibility index (Phi) is 38.0. The predicted molar refractivity (Wildman–Crippen MR) is 430 cm³/mol. The summed E-state index contributed by atoms with van der Waals surface area (Å²) < 4.78 is 23.9. The molecule has 7 aromatic heterocycles. The third kappa shape index (κ3) is 29.4. The van der Waals surface area contributed by atoms with Crippen molar-refractivity contribution in [1.82, 2.24) is 97.8 Å². The molecule has 3 aromatic carbocycles. The van der Waals surface area contributed by atoms with Crippen LogP contribution < -0.4 is 15.4 Å². The largest absolute Gasteiger partial charge is 0.464 e. The Labute approximate surface area is 651 Å². The highest BCUT2D eigenvalue weighted by atomic mass is 79.9. The van der Waals surface area contributed by atoms with Gasteiger partial charge in [0, 0.05) is 169 Å². The van der Waals surface area contributed by atoms with Gasteiger partial charge in [0.15, 0.2) is 5.82 Å². The van der Waals surface area contributed by atoms with Crippen molar-refractivity contribution in [3.8, 4) is 17.0 Å². The van der Waals surface area contributed by atoms with Crippen LogP contribution in [0, 0.1) is 34.6 Å². The lowest BCUT2D eigenvalue weighted by Gasteiger charge is -2.21. The molecule has 14 rings (SSSR count). The number of hydrogen-bond acceptors (Lipinski definition) is 16. The van der Waals surface area contributed by atoms with Gasteiger partial charge in [-0.05, 0) is 164 Å². The zero-order valence-corrected chi connectivity index (χ0v) is 69.1. The Morgan fingerprint density at radius 2 is 1.20 bits per heavy atom. The van der Waals surface area contributed by atoms with Crippen LogP contribution in [0.4, 0.5) is 9.59 Å². The molecule has 0 radical (unpaired) electrons. The second kappa shape index (κ2) is 46.0. The van der Waals surface area contributed by atoms with E-state index in [0.29, 0.717) is 30.0 Å². The summed E-state index contributed by atoms with van der Waals surface area (Å²) in [4.78, 5) is 80.7. The zero-order valence-electron chi connectivity index (χ0n) is 67.5. The minimum absolute atomic E-state index is 0.132. The van der Waals surface area contributed by atoms with Crippen LogP contribution >= 0.6 is 15.9 Å². The summed E-state index contributed by atoms with van der Waals surface area (Å²) in [5.41, 5.74) is 11.1. The van der Waals surface area contributed by atoms with Gasteiger partial charge < -0.3 is 48.5 Å². The normalized spacial score (nSPS) is 15.2. The molecule has 10 aromatic rings. The number of hydrogen-bond donors (Lipinski definition) is 2. The fourth-order valence-electron chi connectivity index (χ4n) is 10.4. The standard InChI is InChI=1S/C12H14N2O3.C11H14N2.C10H10N2.C7H9NO2.C6H9N3O.C6H10N2O2.C6H10N2.C6H9N.C6H13N.C5H7BrN2.C5H8N2/c1-3-14-11(10(15)13(2)12(14)16)17-9-7-5-4-6-8-9;1-9-8-13(2)11(12-9)10-6-4-3-5-7-10;1-12-8-7-10(11-12)9-5-3-2-4-6-9;1-8-5-3-4-6(8)7(9)10-2;1-7-6(10)5-8-3-4-9(5)2;1-4-5(9)8(3)6(10)7(4)2;1-5-4-6(2)8(3)7-5;1-6-4-3-5-7(6)2;1-7-5-3-2-4-6-7;1-4-5(6)3-8(2)7-4;1-5-3-4-6-7(5)2/h4-8,11H,3H2,1-2H3;3-8,11-12H,1-2H3;2-8H,1H3;3-5H,1-2H3;3-4H,1-2H3,(H,7,10);4H,1-3H3;4H,1-3H3;3-5H,1-2H3;2-6H2,1H3;3H,1-2H3;3-4H,1-2H3. The number of likely N-dealkylation sites (tertiary alicyclic amines) is 1. The third-order valence-electron chi connectivity index (χ3n) is 17.2. The van der Waals surface area contributed by atoms with Crippen LogP contribution in [0.1, 0.15) is 101 Å². The van der Waals surface area contributed by atoms with Gasteiger partial charge in [-0.3, -0.25) is 47.8 Å². The molecule has 28 nitrogen and oxygen atoms in total. The number of carbonyl (C=O) groups excluding carboxylic acids is 6. The number of esters is 1. The number of carbonyl (C=O) groups is 6. The van der Waals surface area contributed by atoms with Crippen molar-refractivity contribution in [3.63, 3.8) is 0 Å². The van der Waals surface area contributed by atoms with E-state index in [-0.39, 0.29) is 41.8 Å². The predicted octanol–water partition coefficient (Wildman–Crippen LogP) is 11.7. The number of aryl methyl sites for hydroxylation is 12. The average molecular weight is 1560 g/mol. The quantitative estimate of drug-likeness (QED) is 0.111. The minimum atomic E-state index is -0.847. The summed E-state index contributed by atoms with van der Waals surface area (Å²) in [6.45, 7) is 18.8. The zero-order chi connectivity index (χ0) is 81.0. The smallest absolute Gasteiger partial charge is 0.354 e. The first-order chi connectivity index (χ1) is 51.7. The van der Waals surface area contributed by atoms with Crippen molar-refractivity contribution in [3.05, 3.63) is 239 Å². The van der Waals surface area contributed by atoms with E-state index in [2.05, 4.69) is 154 Å². The number of amides is 7. The number of likely N-dealkylation sites (N-methyl/N-ethyl adjacent to an activating group) is 4. The maximum Gasteiger partial charge on any atom is 0.354 e. The number of imidazole rings is 1. The van der Waals surface area contributed by atoms with E-state index in [0.717, 1.165) is 36.9 Å². The van der Waals surface area contributed by atoms with Gasteiger partial charge in [-0.15, -0.1) is 0 Å². The molecule has 109 heavy (non-hydrogen) atoms. The molecule has 4 aliphatic rings. The molecule has 2 N–H and O–H groups in total. The lowest BCUT2D eigenvalue weighted by molar-refractivity contribution is -0.134. The number of urea groups is 2. The van der Waals surface area contributed by atoms with Gasteiger partial charge in [0.05, 0.1) is 28.7 Å². The Bertz CT molecular complexity index is 4170. The number of rotatable bonds is 7. The van der Waals surface area contributed by atoms with Crippen molar-refractivity contribution in [2.45, 2.75) is 93.1 Å². The van der Waals surface area contributed by atoms with Crippen LogP contribution in [-0.2, 0) is 63.7 Å². The summed E-state index contributed by atoms with van der Waals surface area (Å²) in [7, 11) is 25.1. The number of aromatic nitrogens is 12. The van der Waals surface area contributed by atoms with Crippen LogP contribution in [0.15, 0.2) is 193 Å². The fourth-order valence-corrected chi connectivity index (χ4v) is 10.7. The highest BCUT2D eigenvalue weighted by Gasteiger charge is 2.44. The molecule has 7 amide bonds. The van der Waals surface area contributed by atoms with Crippen LogP contribution in [0.3, 0.4) is 0 Å². The number of halogens is 1. The van der Waals surface area contributed by atoms with E-state index in [1.165, 1.54) is 91.7 Å². The topological polar surface area (TPSA) is 263 Å². The first kappa shape index (κ1) is 90.1. The lowest BCUT2D eigenvalue weighted by atomic mass is 10.1. The molecule has 11 heterocycles. The van der Waals surface area contributed by atoms with Gasteiger partial charge in [-0.2, -0.15) is 20.4 Å². The van der Waals surface area contributed by atoms with Gasteiger partial charge >= 0.3 is 18.0 Å². The Balaban J connectivity index is 0.000000256. The molecule has 3 unspecified atom stereocenters. The Morgan fingerprint density at radius 3 is 1.54 bits per heavy atom. The van der Waals surface area contributed by atoms with E-state index in [9.17, 15) is 28.8 Å². The van der Waals surface area contributed by atoms with Crippen molar-refractivity contribution >= 4 is 51.7 Å². The number of imide groups is 2. The highest BCUT2D eigenvalue weighted by Crippen LogP contribution is 2.24.